The molecule has 1 aromatic heterocycles. The van der Waals surface area contributed by atoms with Gasteiger partial charge in [0.2, 0.25) is 0 Å². The van der Waals surface area contributed by atoms with Crippen LogP contribution in [0.1, 0.15) is 46.1 Å². The monoisotopic (exact) mass is 502 g/mol. The summed E-state index contributed by atoms with van der Waals surface area (Å²) in [5.41, 5.74) is 8.96. The Labute approximate surface area is 205 Å². The number of benzene rings is 1. The quantitative estimate of drug-likeness (QED) is 0.204. The predicted octanol–water partition coefficient (Wildman–Crippen LogP) is 1.77. The van der Waals surface area contributed by atoms with Crippen LogP contribution in [0.25, 0.3) is 0 Å². The fourth-order valence-electron chi connectivity index (χ4n) is 3.48. The Morgan fingerprint density at radius 2 is 1.91 bits per heavy atom. The topological polar surface area (TPSA) is 158 Å². The number of methoxy groups -OCH3 is 1. The van der Waals surface area contributed by atoms with Gasteiger partial charge in [0.15, 0.2) is 18.1 Å². The highest BCUT2D eigenvalue weighted by molar-refractivity contribution is 7.17. The lowest BCUT2D eigenvalue weighted by Gasteiger charge is -2.12. The summed E-state index contributed by atoms with van der Waals surface area (Å²) in [5, 5.41) is 6.62. The highest BCUT2D eigenvalue weighted by atomic mass is 32.1. The molecular formula is C23H26N4O7S. The van der Waals surface area contributed by atoms with E-state index in [0.717, 1.165) is 36.1 Å². The normalized spacial score (nSPS) is 12.5. The molecule has 1 aliphatic rings. The van der Waals surface area contributed by atoms with Crippen LogP contribution in [-0.4, -0.2) is 50.2 Å². The van der Waals surface area contributed by atoms with Gasteiger partial charge in [0.1, 0.15) is 5.00 Å². The second-order valence-corrected chi connectivity index (χ2v) is 8.56. The zero-order valence-corrected chi connectivity index (χ0v) is 20.2. The van der Waals surface area contributed by atoms with Gasteiger partial charge in [0.05, 0.1) is 25.5 Å². The van der Waals surface area contributed by atoms with Gasteiger partial charge in [-0.15, -0.1) is 11.3 Å². The number of amides is 3. The summed E-state index contributed by atoms with van der Waals surface area (Å²) in [6.45, 7) is 1.60. The maximum Gasteiger partial charge on any atom is 0.341 e. The van der Waals surface area contributed by atoms with Gasteiger partial charge < -0.3 is 25.3 Å². The van der Waals surface area contributed by atoms with Gasteiger partial charge >= 0.3 is 17.8 Å². The number of hydrogen-bond donors (Lipinski definition) is 3. The van der Waals surface area contributed by atoms with Crippen LogP contribution in [0.3, 0.4) is 0 Å². The van der Waals surface area contributed by atoms with Gasteiger partial charge in [0.25, 0.3) is 5.91 Å². The molecule has 12 heteroatoms. The Morgan fingerprint density at radius 1 is 1.14 bits per heavy atom. The number of aryl methyl sites for hydroxylation is 1. The average molecular weight is 503 g/mol. The molecule has 11 nitrogen and oxygen atoms in total. The first-order chi connectivity index (χ1) is 16.8. The minimum absolute atomic E-state index is 0.203. The third-order valence-electron chi connectivity index (χ3n) is 5.02. The van der Waals surface area contributed by atoms with E-state index in [9.17, 15) is 19.2 Å². The highest BCUT2D eigenvalue weighted by Crippen LogP contribution is 2.38. The van der Waals surface area contributed by atoms with Crippen molar-refractivity contribution in [2.45, 2.75) is 32.6 Å². The van der Waals surface area contributed by atoms with Gasteiger partial charge in [-0.1, -0.05) is 0 Å². The molecule has 186 valence electrons. The van der Waals surface area contributed by atoms with E-state index in [1.807, 2.05) is 0 Å². The van der Waals surface area contributed by atoms with Crippen molar-refractivity contribution in [3.8, 4) is 11.5 Å². The van der Waals surface area contributed by atoms with Gasteiger partial charge in [-0.3, -0.25) is 14.4 Å². The Bertz CT molecular complexity index is 1160. The SMILES string of the molecule is CCOC(=O)c1c(NC(=O)C(=O)N/N=C/c2ccc(OCC(N)=O)c(OC)c2)sc2c1CCCC2. The molecule has 0 fully saturated rings. The lowest BCUT2D eigenvalue weighted by Crippen LogP contribution is -2.32. The summed E-state index contributed by atoms with van der Waals surface area (Å²) in [6, 6.07) is 4.72. The molecule has 0 saturated carbocycles. The molecule has 4 N–H and O–H groups in total. The van der Waals surface area contributed by atoms with Crippen molar-refractivity contribution in [1.29, 1.82) is 0 Å². The van der Waals surface area contributed by atoms with Crippen LogP contribution < -0.4 is 25.9 Å². The maximum atomic E-state index is 12.5. The number of fused-ring (bicyclic) bond motifs is 1. The van der Waals surface area contributed by atoms with E-state index < -0.39 is 23.7 Å². The number of esters is 1. The molecule has 0 saturated heterocycles. The number of carbonyl (C=O) groups is 4. The van der Waals surface area contributed by atoms with Crippen LogP contribution in [0.5, 0.6) is 11.5 Å². The number of rotatable bonds is 9. The molecule has 0 bridgehead atoms. The molecule has 1 aliphatic carbocycles. The van der Waals surface area contributed by atoms with E-state index in [1.165, 1.54) is 24.7 Å². The van der Waals surface area contributed by atoms with E-state index >= 15 is 0 Å². The molecule has 3 rings (SSSR count). The van der Waals surface area contributed by atoms with Crippen LogP contribution in [0, 0.1) is 0 Å². The number of ether oxygens (including phenoxy) is 3. The van der Waals surface area contributed by atoms with E-state index in [-0.39, 0.29) is 13.2 Å². The fraction of sp³-hybridized carbons (Fsp3) is 0.348. The number of hydrogen-bond acceptors (Lipinski definition) is 9. The second kappa shape index (κ2) is 12.0. The Morgan fingerprint density at radius 3 is 2.63 bits per heavy atom. The molecule has 35 heavy (non-hydrogen) atoms. The lowest BCUT2D eigenvalue weighted by molar-refractivity contribution is -0.136. The standard InChI is InChI=1S/C23H26N4O7S/c1-3-33-23(31)19-14-6-4-5-7-17(14)35-22(19)26-20(29)21(30)27-25-11-13-8-9-15(16(10-13)32-2)34-12-18(24)28/h8-11H,3-7,12H2,1-2H3,(H2,24,28)(H,26,29)(H,27,30)/b25-11+. The Hall–Kier alpha value is -3.93. The summed E-state index contributed by atoms with van der Waals surface area (Å²) in [7, 11) is 1.42. The van der Waals surface area contributed by atoms with E-state index in [1.54, 1.807) is 25.1 Å². The average Bonchev–Trinajstić information content (AvgIpc) is 3.20. The molecule has 2 aromatic rings. The molecular weight excluding hydrogens is 476 g/mol. The van der Waals surface area contributed by atoms with Gasteiger partial charge in [-0.05, 0) is 61.9 Å². The van der Waals surface area contributed by atoms with Crippen molar-refractivity contribution in [3.05, 3.63) is 39.8 Å². The van der Waals surface area contributed by atoms with Crippen molar-refractivity contribution in [2.24, 2.45) is 10.8 Å². The zero-order chi connectivity index (χ0) is 25.4. The van der Waals surface area contributed by atoms with Crippen LogP contribution in [0.4, 0.5) is 5.00 Å². The van der Waals surface area contributed by atoms with Crippen LogP contribution >= 0.6 is 11.3 Å². The summed E-state index contributed by atoms with van der Waals surface area (Å²) in [6.07, 6.45) is 4.79. The van der Waals surface area contributed by atoms with Crippen molar-refractivity contribution in [2.75, 3.05) is 25.6 Å². The first-order valence-corrected chi connectivity index (χ1v) is 11.7. The smallest absolute Gasteiger partial charge is 0.341 e. The minimum Gasteiger partial charge on any atom is -0.493 e. The molecule has 1 heterocycles. The fourth-order valence-corrected chi connectivity index (χ4v) is 4.75. The number of hydrazone groups is 1. The summed E-state index contributed by atoms with van der Waals surface area (Å²) in [5.74, 6) is -2.47. The van der Waals surface area contributed by atoms with Crippen molar-refractivity contribution in [1.82, 2.24) is 5.43 Å². The van der Waals surface area contributed by atoms with E-state index in [0.29, 0.717) is 27.6 Å². The van der Waals surface area contributed by atoms with E-state index in [4.69, 9.17) is 19.9 Å². The predicted molar refractivity (Wildman–Crippen MR) is 129 cm³/mol. The molecule has 0 aliphatic heterocycles. The van der Waals surface area contributed by atoms with Crippen LogP contribution in [0.15, 0.2) is 23.3 Å². The summed E-state index contributed by atoms with van der Waals surface area (Å²) >= 11 is 1.29. The molecule has 0 spiro atoms. The van der Waals surface area contributed by atoms with Crippen molar-refractivity contribution < 1.29 is 33.4 Å². The number of nitrogens with one attached hydrogen (secondary N) is 2. The summed E-state index contributed by atoms with van der Waals surface area (Å²) < 4.78 is 15.6. The van der Waals surface area contributed by atoms with E-state index in [2.05, 4.69) is 15.8 Å². The molecule has 0 atom stereocenters. The first-order valence-electron chi connectivity index (χ1n) is 10.9. The number of anilines is 1. The number of nitrogens with two attached hydrogens (primary N) is 1. The van der Waals surface area contributed by atoms with Crippen LogP contribution in [0.2, 0.25) is 0 Å². The Balaban J connectivity index is 1.65. The third-order valence-corrected chi connectivity index (χ3v) is 6.23. The third kappa shape index (κ3) is 6.57. The van der Waals surface area contributed by atoms with Crippen molar-refractivity contribution >= 4 is 46.2 Å². The van der Waals surface area contributed by atoms with Gasteiger partial charge in [-0.2, -0.15) is 5.10 Å². The minimum atomic E-state index is -1.00. The first kappa shape index (κ1) is 25.7. The van der Waals surface area contributed by atoms with Crippen LogP contribution in [-0.2, 0) is 32.0 Å². The molecule has 3 amide bonds. The second-order valence-electron chi connectivity index (χ2n) is 7.45. The molecule has 0 unspecified atom stereocenters. The lowest BCUT2D eigenvalue weighted by atomic mass is 9.95. The highest BCUT2D eigenvalue weighted by Gasteiger charge is 2.28. The maximum absolute atomic E-state index is 12.5. The number of nitrogens with zero attached hydrogens (tertiary/aromatic N) is 1. The Kier molecular flexibility index (Phi) is 8.79. The largest absolute Gasteiger partial charge is 0.493 e. The molecule has 1 aromatic carbocycles. The number of thiophene rings is 1. The number of carbonyl (C=O) groups excluding carboxylic acids is 4. The molecule has 0 radical (unpaired) electrons. The summed E-state index contributed by atoms with van der Waals surface area (Å²) in [4.78, 5) is 49.1. The zero-order valence-electron chi connectivity index (χ0n) is 19.3. The van der Waals surface area contributed by atoms with Gasteiger partial charge in [-0.25, -0.2) is 10.2 Å². The van der Waals surface area contributed by atoms with Gasteiger partial charge in [0, 0.05) is 4.88 Å². The number of primary amides is 1. The van der Waals surface area contributed by atoms with Crippen molar-refractivity contribution in [3.63, 3.8) is 0 Å².